The molecule has 0 saturated carbocycles. The molecule has 1 aromatic heterocycles. The van der Waals surface area contributed by atoms with Crippen LogP contribution in [0.1, 0.15) is 0 Å². The zero-order valence-corrected chi connectivity index (χ0v) is 8.01. The van der Waals surface area contributed by atoms with Crippen LogP contribution in [0, 0.1) is 10.1 Å². The van der Waals surface area contributed by atoms with Crippen LogP contribution in [0.2, 0.25) is 5.02 Å². The van der Waals surface area contributed by atoms with Crippen molar-refractivity contribution in [3.8, 4) is 5.88 Å². The van der Waals surface area contributed by atoms with E-state index in [-0.39, 0.29) is 10.9 Å². The number of hydrogen-bond acceptors (Lipinski definition) is 7. The van der Waals surface area contributed by atoms with E-state index in [1.165, 1.54) is 0 Å². The third kappa shape index (κ3) is 2.65. The molecule has 1 rings (SSSR count). The average Bonchev–Trinajstić information content (AvgIpc) is 1.99. The molecule has 0 bridgehead atoms. The highest BCUT2D eigenvalue weighted by Gasteiger charge is 2.20. The van der Waals surface area contributed by atoms with Gasteiger partial charge in [0.1, 0.15) is 5.02 Å². The summed E-state index contributed by atoms with van der Waals surface area (Å²) < 4.78 is 4.55. The maximum Gasteiger partial charge on any atom is 0.329 e. The van der Waals surface area contributed by atoms with Crippen LogP contribution in [0.5, 0.6) is 5.88 Å². The molecule has 0 spiro atoms. The van der Waals surface area contributed by atoms with Crippen LogP contribution in [0.15, 0.2) is 6.07 Å². The molecule has 0 amide bonds. The summed E-state index contributed by atoms with van der Waals surface area (Å²) in [5.41, 5.74) is 9.64. The lowest BCUT2D eigenvalue weighted by molar-refractivity contribution is -0.384. The fourth-order valence-electron chi connectivity index (χ4n) is 0.868. The van der Waals surface area contributed by atoms with Crippen LogP contribution in [0.3, 0.4) is 0 Å². The van der Waals surface area contributed by atoms with Crippen LogP contribution in [-0.2, 0) is 0 Å². The Hall–Kier alpha value is -1.64. The van der Waals surface area contributed by atoms with Gasteiger partial charge in [-0.2, -0.15) is 4.98 Å². The van der Waals surface area contributed by atoms with E-state index in [0.29, 0.717) is 0 Å². The minimum atomic E-state index is -1.60. The number of nitrogen functional groups attached to an aromatic ring is 1. The molecule has 9 heteroatoms. The number of nitro groups is 1. The van der Waals surface area contributed by atoms with Gasteiger partial charge in [-0.05, 0) is 0 Å². The third-order valence-corrected chi connectivity index (χ3v) is 1.66. The molecular weight excluding hydrogens is 228 g/mol. The highest BCUT2D eigenvalue weighted by Crippen LogP contribution is 2.32. The lowest BCUT2D eigenvalue weighted by atomic mass is 10.4. The Labute approximate surface area is 88.6 Å². The standard InChI is InChI=1S/C6H7ClN4O4/c7-2-1-3(15-6(9)12)10-5(8)4(2)11(13)14/h1,6,12H,9H2,(H2,8,10). The Morgan fingerprint density at radius 2 is 2.33 bits per heavy atom. The summed E-state index contributed by atoms with van der Waals surface area (Å²) in [6.07, 6.45) is -1.60. The Bertz CT molecular complexity index is 374. The molecule has 1 atom stereocenters. The molecule has 0 aliphatic rings. The van der Waals surface area contributed by atoms with Crippen molar-refractivity contribution in [2.75, 3.05) is 5.73 Å². The van der Waals surface area contributed by atoms with Crippen LogP contribution >= 0.6 is 11.6 Å². The van der Waals surface area contributed by atoms with E-state index in [2.05, 4.69) is 9.72 Å². The number of ether oxygens (including phenoxy) is 1. The minimum Gasteiger partial charge on any atom is -0.434 e. The first kappa shape index (κ1) is 11.4. The van der Waals surface area contributed by atoms with Crippen molar-refractivity contribution in [2.24, 2.45) is 5.73 Å². The van der Waals surface area contributed by atoms with Crippen LogP contribution in [0.25, 0.3) is 0 Å². The second-order valence-electron chi connectivity index (χ2n) is 2.44. The summed E-state index contributed by atoms with van der Waals surface area (Å²) in [6, 6.07) is 1.03. The van der Waals surface area contributed by atoms with E-state index >= 15 is 0 Å². The molecule has 1 aromatic rings. The lowest BCUT2D eigenvalue weighted by Crippen LogP contribution is -2.26. The first-order valence-electron chi connectivity index (χ1n) is 3.62. The highest BCUT2D eigenvalue weighted by molar-refractivity contribution is 6.33. The summed E-state index contributed by atoms with van der Waals surface area (Å²) in [5.74, 6) is -0.610. The third-order valence-electron chi connectivity index (χ3n) is 1.37. The fourth-order valence-corrected chi connectivity index (χ4v) is 1.13. The molecular formula is C6H7ClN4O4. The van der Waals surface area contributed by atoms with Crippen molar-refractivity contribution in [3.63, 3.8) is 0 Å². The first-order chi connectivity index (χ1) is 6.91. The molecule has 15 heavy (non-hydrogen) atoms. The van der Waals surface area contributed by atoms with Crippen molar-refractivity contribution in [2.45, 2.75) is 6.41 Å². The Balaban J connectivity index is 3.14. The maximum atomic E-state index is 10.5. The molecule has 82 valence electrons. The first-order valence-corrected chi connectivity index (χ1v) is 4.00. The zero-order chi connectivity index (χ0) is 11.6. The topological polar surface area (TPSA) is 138 Å². The van der Waals surface area contributed by atoms with Gasteiger partial charge in [0.2, 0.25) is 11.7 Å². The fraction of sp³-hybridized carbons (Fsp3) is 0.167. The molecule has 0 aliphatic carbocycles. The van der Waals surface area contributed by atoms with Gasteiger partial charge in [0, 0.05) is 6.07 Å². The van der Waals surface area contributed by atoms with E-state index in [1.54, 1.807) is 0 Å². The summed E-state index contributed by atoms with van der Waals surface area (Å²) in [5, 5.41) is 18.9. The number of anilines is 1. The summed E-state index contributed by atoms with van der Waals surface area (Å²) in [4.78, 5) is 13.2. The maximum absolute atomic E-state index is 10.5. The highest BCUT2D eigenvalue weighted by atomic mass is 35.5. The Morgan fingerprint density at radius 3 is 2.73 bits per heavy atom. The lowest BCUT2D eigenvalue weighted by Gasteiger charge is -2.08. The van der Waals surface area contributed by atoms with Gasteiger partial charge in [0.25, 0.3) is 6.41 Å². The van der Waals surface area contributed by atoms with Gasteiger partial charge in [0.05, 0.1) is 4.92 Å². The van der Waals surface area contributed by atoms with Gasteiger partial charge in [-0.25, -0.2) is 0 Å². The number of halogens is 1. The number of hydrogen-bond donors (Lipinski definition) is 3. The van der Waals surface area contributed by atoms with Crippen molar-refractivity contribution in [3.05, 3.63) is 21.2 Å². The largest absolute Gasteiger partial charge is 0.434 e. The van der Waals surface area contributed by atoms with Gasteiger partial charge in [-0.3, -0.25) is 15.8 Å². The molecule has 0 aromatic carbocycles. The average molecular weight is 235 g/mol. The SMILES string of the molecule is Nc1nc(OC(N)O)cc(Cl)c1[N+](=O)[O-]. The second-order valence-corrected chi connectivity index (χ2v) is 2.85. The number of rotatable bonds is 3. The van der Waals surface area contributed by atoms with Gasteiger partial charge in [0.15, 0.2) is 0 Å². The molecule has 0 aliphatic heterocycles. The summed E-state index contributed by atoms with van der Waals surface area (Å²) in [7, 11) is 0. The molecule has 1 heterocycles. The number of nitrogens with two attached hydrogens (primary N) is 2. The van der Waals surface area contributed by atoms with Crippen LogP contribution < -0.4 is 16.2 Å². The van der Waals surface area contributed by atoms with Crippen molar-refractivity contribution in [1.82, 2.24) is 4.98 Å². The monoisotopic (exact) mass is 234 g/mol. The molecule has 0 fully saturated rings. The predicted octanol–water partition coefficient (Wildman–Crippen LogP) is -0.161. The number of aromatic nitrogens is 1. The number of aliphatic hydroxyl groups excluding tert-OH is 1. The predicted molar refractivity (Wildman–Crippen MR) is 51.1 cm³/mol. The van der Waals surface area contributed by atoms with E-state index in [1.807, 2.05) is 0 Å². The quantitative estimate of drug-likeness (QED) is 0.375. The Kier molecular flexibility index (Phi) is 3.24. The Morgan fingerprint density at radius 1 is 1.73 bits per heavy atom. The summed E-state index contributed by atoms with van der Waals surface area (Å²) >= 11 is 5.55. The van der Waals surface area contributed by atoms with E-state index in [0.717, 1.165) is 6.07 Å². The molecule has 1 unspecified atom stereocenters. The minimum absolute atomic E-state index is 0.196. The van der Waals surface area contributed by atoms with E-state index in [4.69, 9.17) is 28.2 Å². The number of aliphatic hydroxyl groups is 1. The van der Waals surface area contributed by atoms with Gasteiger partial charge in [-0.15, -0.1) is 0 Å². The van der Waals surface area contributed by atoms with Crippen molar-refractivity contribution in [1.29, 1.82) is 0 Å². The summed E-state index contributed by atoms with van der Waals surface area (Å²) in [6.45, 7) is 0. The van der Waals surface area contributed by atoms with E-state index in [9.17, 15) is 10.1 Å². The molecule has 5 N–H and O–H groups in total. The number of nitrogens with zero attached hydrogens (tertiary/aromatic N) is 2. The molecule has 8 nitrogen and oxygen atoms in total. The normalized spacial score (nSPS) is 12.2. The smallest absolute Gasteiger partial charge is 0.329 e. The van der Waals surface area contributed by atoms with E-state index < -0.39 is 22.8 Å². The molecule has 0 saturated heterocycles. The van der Waals surface area contributed by atoms with Gasteiger partial charge >= 0.3 is 5.69 Å². The number of pyridine rings is 1. The second kappa shape index (κ2) is 4.26. The van der Waals surface area contributed by atoms with Crippen LogP contribution in [-0.4, -0.2) is 21.4 Å². The van der Waals surface area contributed by atoms with Crippen LogP contribution in [0.4, 0.5) is 11.5 Å². The molecule has 0 radical (unpaired) electrons. The van der Waals surface area contributed by atoms with Crippen molar-refractivity contribution >= 4 is 23.1 Å². The van der Waals surface area contributed by atoms with Crippen molar-refractivity contribution < 1.29 is 14.8 Å². The zero-order valence-electron chi connectivity index (χ0n) is 7.25. The van der Waals surface area contributed by atoms with Gasteiger partial charge in [-0.1, -0.05) is 11.6 Å². The van der Waals surface area contributed by atoms with Gasteiger partial charge < -0.3 is 15.6 Å².